The van der Waals surface area contributed by atoms with Crippen LogP contribution < -0.4 is 5.32 Å². The smallest absolute Gasteiger partial charge is 0.242 e. The SMILES string of the molecule is CCC(C(=O)Nc1cc(C)on1)N1CCN(CC(C)O)C(C)C1. The maximum atomic E-state index is 12.5. The van der Waals surface area contributed by atoms with E-state index in [1.165, 1.54) is 0 Å². The molecule has 0 spiro atoms. The molecule has 0 aliphatic carbocycles. The van der Waals surface area contributed by atoms with Crippen LogP contribution >= 0.6 is 0 Å². The maximum Gasteiger partial charge on any atom is 0.242 e. The Hall–Kier alpha value is -1.44. The number of nitrogens with one attached hydrogen (secondary N) is 1. The minimum atomic E-state index is -0.329. The minimum Gasteiger partial charge on any atom is -0.392 e. The Labute approximate surface area is 137 Å². The van der Waals surface area contributed by atoms with Gasteiger partial charge in [-0.05, 0) is 27.2 Å². The first-order valence-electron chi connectivity index (χ1n) is 8.31. The predicted octanol–water partition coefficient (Wildman–Crippen LogP) is 1.09. The molecule has 1 aromatic rings. The lowest BCUT2D eigenvalue weighted by Crippen LogP contribution is -2.58. The van der Waals surface area contributed by atoms with Gasteiger partial charge in [0.05, 0.1) is 12.1 Å². The molecule has 7 nitrogen and oxygen atoms in total. The number of carbonyl (C=O) groups excluding carboxylic acids is 1. The lowest BCUT2D eigenvalue weighted by molar-refractivity contribution is -0.122. The Morgan fingerprint density at radius 1 is 1.57 bits per heavy atom. The van der Waals surface area contributed by atoms with E-state index >= 15 is 0 Å². The van der Waals surface area contributed by atoms with E-state index in [0.717, 1.165) is 26.1 Å². The van der Waals surface area contributed by atoms with E-state index in [1.54, 1.807) is 19.9 Å². The molecule has 2 N–H and O–H groups in total. The summed E-state index contributed by atoms with van der Waals surface area (Å²) in [5.41, 5.74) is 0. The summed E-state index contributed by atoms with van der Waals surface area (Å²) >= 11 is 0. The number of amides is 1. The molecule has 3 unspecified atom stereocenters. The van der Waals surface area contributed by atoms with E-state index in [4.69, 9.17) is 4.52 Å². The third-order valence-corrected chi connectivity index (χ3v) is 4.30. The van der Waals surface area contributed by atoms with Gasteiger partial charge >= 0.3 is 0 Å². The van der Waals surface area contributed by atoms with Crippen molar-refractivity contribution < 1.29 is 14.4 Å². The average Bonchev–Trinajstić information content (AvgIpc) is 2.87. The third kappa shape index (κ3) is 4.76. The first-order valence-corrected chi connectivity index (χ1v) is 8.31. The number of aliphatic hydroxyl groups excluding tert-OH is 1. The molecule has 1 saturated heterocycles. The van der Waals surface area contributed by atoms with Crippen LogP contribution in [0.15, 0.2) is 10.6 Å². The Morgan fingerprint density at radius 3 is 2.83 bits per heavy atom. The number of β-amino-alcohol motifs (C(OH)–C–C–N with tert-alkyl or cyclic N) is 1. The highest BCUT2D eigenvalue weighted by Gasteiger charge is 2.31. The van der Waals surface area contributed by atoms with Gasteiger partial charge in [0, 0.05) is 38.3 Å². The second kappa shape index (κ2) is 7.90. The summed E-state index contributed by atoms with van der Waals surface area (Å²) in [6.07, 6.45) is 0.413. The van der Waals surface area contributed by atoms with Gasteiger partial charge in [-0.2, -0.15) is 0 Å². The molecule has 3 atom stereocenters. The second-order valence-electron chi connectivity index (χ2n) is 6.42. The largest absolute Gasteiger partial charge is 0.392 e. The lowest BCUT2D eigenvalue weighted by Gasteiger charge is -2.42. The fraction of sp³-hybridized carbons (Fsp3) is 0.750. The van der Waals surface area contributed by atoms with Crippen LogP contribution in [0, 0.1) is 6.92 Å². The van der Waals surface area contributed by atoms with E-state index in [1.807, 2.05) is 6.92 Å². The van der Waals surface area contributed by atoms with E-state index < -0.39 is 0 Å². The number of hydrogen-bond acceptors (Lipinski definition) is 6. The molecule has 1 aliphatic rings. The number of piperazine rings is 1. The molecule has 1 fully saturated rings. The summed E-state index contributed by atoms with van der Waals surface area (Å²) in [5, 5.41) is 16.2. The van der Waals surface area contributed by atoms with Gasteiger partial charge in [-0.15, -0.1) is 0 Å². The molecular formula is C16H28N4O3. The highest BCUT2D eigenvalue weighted by Crippen LogP contribution is 2.16. The van der Waals surface area contributed by atoms with Crippen LogP contribution in [0.2, 0.25) is 0 Å². The van der Waals surface area contributed by atoms with Crippen molar-refractivity contribution in [3.8, 4) is 0 Å². The molecular weight excluding hydrogens is 296 g/mol. The van der Waals surface area contributed by atoms with Gasteiger partial charge in [-0.25, -0.2) is 0 Å². The monoisotopic (exact) mass is 324 g/mol. The van der Waals surface area contributed by atoms with E-state index in [-0.39, 0.29) is 18.1 Å². The Kier molecular flexibility index (Phi) is 6.15. The normalized spacial score (nSPS) is 22.7. The van der Waals surface area contributed by atoms with Crippen molar-refractivity contribution in [3.05, 3.63) is 11.8 Å². The quantitative estimate of drug-likeness (QED) is 0.815. The maximum absolute atomic E-state index is 12.5. The average molecular weight is 324 g/mol. The van der Waals surface area contributed by atoms with Gasteiger partial charge in [0.1, 0.15) is 5.76 Å². The number of rotatable bonds is 6. The molecule has 0 saturated carbocycles. The molecule has 7 heteroatoms. The number of carbonyl (C=O) groups is 1. The van der Waals surface area contributed by atoms with Crippen LogP contribution in [0.1, 0.15) is 33.0 Å². The molecule has 1 aromatic heterocycles. The van der Waals surface area contributed by atoms with Crippen molar-refractivity contribution >= 4 is 11.7 Å². The molecule has 2 heterocycles. The predicted molar refractivity (Wildman–Crippen MR) is 88.2 cm³/mol. The first kappa shape index (κ1) is 17.9. The highest BCUT2D eigenvalue weighted by molar-refractivity contribution is 5.94. The molecule has 0 radical (unpaired) electrons. The number of aryl methyl sites for hydroxylation is 1. The van der Waals surface area contributed by atoms with Crippen molar-refractivity contribution in [1.82, 2.24) is 15.0 Å². The fourth-order valence-corrected chi connectivity index (χ4v) is 3.16. The second-order valence-corrected chi connectivity index (χ2v) is 6.42. The molecule has 23 heavy (non-hydrogen) atoms. The van der Waals surface area contributed by atoms with Crippen LogP contribution in [0.25, 0.3) is 0 Å². The number of anilines is 1. The zero-order valence-corrected chi connectivity index (χ0v) is 14.5. The van der Waals surface area contributed by atoms with Crippen molar-refractivity contribution in [2.24, 2.45) is 0 Å². The van der Waals surface area contributed by atoms with Crippen molar-refractivity contribution in [3.63, 3.8) is 0 Å². The molecule has 1 aliphatic heterocycles. The van der Waals surface area contributed by atoms with Crippen LogP contribution in [0.3, 0.4) is 0 Å². The Balaban J connectivity index is 1.94. The summed E-state index contributed by atoms with van der Waals surface area (Å²) in [5.74, 6) is 1.09. The first-order chi connectivity index (χ1) is 10.9. The number of aromatic nitrogens is 1. The van der Waals surface area contributed by atoms with Gasteiger partial charge in [-0.1, -0.05) is 12.1 Å². The van der Waals surface area contributed by atoms with Crippen molar-refractivity contribution in [1.29, 1.82) is 0 Å². The van der Waals surface area contributed by atoms with Gasteiger partial charge < -0.3 is 14.9 Å². The summed E-state index contributed by atoms with van der Waals surface area (Å²) in [4.78, 5) is 17.0. The Morgan fingerprint density at radius 2 is 2.30 bits per heavy atom. The molecule has 2 rings (SSSR count). The standard InChI is InChI=1S/C16H28N4O3/c1-5-14(16(22)17-15-8-13(4)23-18-15)20-7-6-19(10-12(3)21)11(2)9-20/h8,11-12,14,21H,5-7,9-10H2,1-4H3,(H,17,18,22). The van der Waals surface area contributed by atoms with Crippen LogP contribution in [0.4, 0.5) is 5.82 Å². The fourth-order valence-electron chi connectivity index (χ4n) is 3.16. The number of nitrogens with zero attached hydrogens (tertiary/aromatic N) is 3. The lowest BCUT2D eigenvalue weighted by atomic mass is 10.1. The summed E-state index contributed by atoms with van der Waals surface area (Å²) in [6.45, 7) is 10.9. The number of hydrogen-bond donors (Lipinski definition) is 2. The highest BCUT2D eigenvalue weighted by atomic mass is 16.5. The van der Waals surface area contributed by atoms with Gasteiger partial charge in [0.25, 0.3) is 0 Å². The summed E-state index contributed by atoms with van der Waals surface area (Å²) < 4.78 is 4.98. The van der Waals surface area contributed by atoms with Crippen LogP contribution in [-0.2, 0) is 4.79 Å². The third-order valence-electron chi connectivity index (χ3n) is 4.30. The molecule has 0 bridgehead atoms. The summed E-state index contributed by atoms with van der Waals surface area (Å²) in [7, 11) is 0. The molecule has 130 valence electrons. The summed E-state index contributed by atoms with van der Waals surface area (Å²) in [6, 6.07) is 1.85. The zero-order valence-electron chi connectivity index (χ0n) is 14.5. The van der Waals surface area contributed by atoms with Crippen molar-refractivity contribution in [2.75, 3.05) is 31.5 Å². The van der Waals surface area contributed by atoms with Gasteiger partial charge in [0.2, 0.25) is 5.91 Å². The van der Waals surface area contributed by atoms with Crippen LogP contribution in [0.5, 0.6) is 0 Å². The number of aliphatic hydroxyl groups is 1. The Bertz CT molecular complexity index is 517. The zero-order chi connectivity index (χ0) is 17.0. The molecule has 1 amide bonds. The van der Waals surface area contributed by atoms with E-state index in [2.05, 4.69) is 27.2 Å². The van der Waals surface area contributed by atoms with E-state index in [0.29, 0.717) is 24.2 Å². The topological polar surface area (TPSA) is 81.8 Å². The minimum absolute atomic E-state index is 0.0445. The van der Waals surface area contributed by atoms with Gasteiger partial charge in [-0.3, -0.25) is 14.6 Å². The van der Waals surface area contributed by atoms with Crippen molar-refractivity contribution in [2.45, 2.75) is 52.3 Å². The molecule has 0 aromatic carbocycles. The van der Waals surface area contributed by atoms with Gasteiger partial charge in [0.15, 0.2) is 5.82 Å². The van der Waals surface area contributed by atoms with E-state index in [9.17, 15) is 9.90 Å². The van der Waals surface area contributed by atoms with Crippen LogP contribution in [-0.4, -0.2) is 70.3 Å².